The monoisotopic (exact) mass is 259 g/mol. The van der Waals surface area contributed by atoms with Crippen LogP contribution in [0.15, 0.2) is 22.7 Å². The Hall–Kier alpha value is -0.210. The van der Waals surface area contributed by atoms with E-state index in [9.17, 15) is 0 Å². The van der Waals surface area contributed by atoms with Gasteiger partial charge in [0, 0.05) is 23.4 Å². The van der Waals surface area contributed by atoms with Crippen molar-refractivity contribution in [3.8, 4) is 0 Å². The highest BCUT2D eigenvalue weighted by atomic mass is 79.9. The minimum atomic E-state index is 0.582. The molecule has 0 atom stereocenters. The zero-order chi connectivity index (χ0) is 9.26. The molecule has 0 radical (unpaired) electrons. The summed E-state index contributed by atoms with van der Waals surface area (Å²) < 4.78 is 1.16. The van der Waals surface area contributed by atoms with Gasteiger partial charge in [-0.05, 0) is 40.0 Å². The molecular weight excluding hydrogens is 249 g/mol. The highest BCUT2D eigenvalue weighted by molar-refractivity contribution is 9.10. The van der Waals surface area contributed by atoms with E-state index in [-0.39, 0.29) is 0 Å². The normalized spacial score (nSPS) is 15.7. The van der Waals surface area contributed by atoms with E-state index in [1.165, 1.54) is 25.2 Å². The van der Waals surface area contributed by atoms with E-state index in [0.717, 1.165) is 10.0 Å². The molecule has 0 unspecified atom stereocenters. The van der Waals surface area contributed by atoms with Gasteiger partial charge in [-0.25, -0.2) is 0 Å². The van der Waals surface area contributed by atoms with Gasteiger partial charge in [-0.3, -0.25) is 0 Å². The number of alkyl halides is 1. The van der Waals surface area contributed by atoms with Gasteiger partial charge in [-0.15, -0.1) is 11.6 Å². The number of anilines is 1. The first-order chi connectivity index (χ1) is 6.31. The molecule has 1 aromatic rings. The third kappa shape index (κ3) is 1.84. The van der Waals surface area contributed by atoms with Crippen LogP contribution in [0.4, 0.5) is 5.69 Å². The fraction of sp³-hybridized carbons (Fsp3) is 0.400. The molecule has 0 amide bonds. The van der Waals surface area contributed by atoms with E-state index >= 15 is 0 Å². The summed E-state index contributed by atoms with van der Waals surface area (Å²) in [7, 11) is 0. The lowest BCUT2D eigenvalue weighted by atomic mass is 10.1. The molecule has 70 valence electrons. The fourth-order valence-corrected chi connectivity index (χ4v) is 2.29. The predicted molar refractivity (Wildman–Crippen MR) is 60.5 cm³/mol. The van der Waals surface area contributed by atoms with Crippen molar-refractivity contribution < 1.29 is 0 Å². The van der Waals surface area contributed by atoms with Crippen LogP contribution in [0.3, 0.4) is 0 Å². The maximum atomic E-state index is 5.74. The lowest BCUT2D eigenvalue weighted by molar-refractivity contribution is 0.616. The summed E-state index contributed by atoms with van der Waals surface area (Å²) in [4.78, 5) is 2.36. The van der Waals surface area contributed by atoms with Gasteiger partial charge in [0.05, 0.1) is 5.69 Å². The summed E-state index contributed by atoms with van der Waals surface area (Å²) in [5.74, 6) is 0.582. The molecule has 0 spiro atoms. The van der Waals surface area contributed by atoms with E-state index in [4.69, 9.17) is 11.6 Å². The molecule has 2 rings (SSSR count). The Morgan fingerprint density at radius 3 is 2.62 bits per heavy atom. The second-order valence-electron chi connectivity index (χ2n) is 3.26. The second-order valence-corrected chi connectivity index (χ2v) is 4.38. The van der Waals surface area contributed by atoms with Crippen molar-refractivity contribution in [1.82, 2.24) is 0 Å². The molecule has 1 nitrogen and oxygen atoms in total. The predicted octanol–water partition coefficient (Wildman–Crippen LogP) is 3.40. The Bertz CT molecular complexity index is 310. The maximum Gasteiger partial charge on any atom is 0.0510 e. The zero-order valence-electron chi connectivity index (χ0n) is 7.26. The molecule has 1 heterocycles. The third-order valence-corrected chi connectivity index (χ3v) is 3.31. The molecule has 1 aliphatic rings. The van der Waals surface area contributed by atoms with Crippen LogP contribution in [0.5, 0.6) is 0 Å². The number of hydrogen-bond donors (Lipinski definition) is 0. The molecule has 0 saturated carbocycles. The fourth-order valence-electron chi connectivity index (χ4n) is 1.45. The lowest BCUT2D eigenvalue weighted by Crippen LogP contribution is -2.37. The number of benzene rings is 1. The van der Waals surface area contributed by atoms with Gasteiger partial charge in [0.1, 0.15) is 0 Å². The van der Waals surface area contributed by atoms with Crippen molar-refractivity contribution in [2.24, 2.45) is 0 Å². The van der Waals surface area contributed by atoms with Crippen LogP contribution < -0.4 is 4.90 Å². The summed E-state index contributed by atoms with van der Waals surface area (Å²) in [6.45, 7) is 2.36. The van der Waals surface area contributed by atoms with Crippen molar-refractivity contribution in [2.45, 2.75) is 12.3 Å². The average molecular weight is 261 g/mol. The molecule has 0 N–H and O–H groups in total. The van der Waals surface area contributed by atoms with E-state index < -0.39 is 0 Å². The van der Waals surface area contributed by atoms with Gasteiger partial charge >= 0.3 is 0 Å². The second kappa shape index (κ2) is 3.89. The number of rotatable bonds is 2. The molecule has 1 aromatic carbocycles. The first-order valence-electron chi connectivity index (χ1n) is 4.40. The molecule has 1 aliphatic heterocycles. The third-order valence-electron chi connectivity index (χ3n) is 2.36. The maximum absolute atomic E-state index is 5.74. The van der Waals surface area contributed by atoms with Crippen molar-refractivity contribution in [1.29, 1.82) is 0 Å². The van der Waals surface area contributed by atoms with Crippen LogP contribution in [0.25, 0.3) is 0 Å². The van der Waals surface area contributed by atoms with Crippen molar-refractivity contribution in [3.63, 3.8) is 0 Å². The minimum Gasteiger partial charge on any atom is -0.370 e. The molecule has 0 aromatic heterocycles. The van der Waals surface area contributed by atoms with E-state index in [2.05, 4.69) is 39.0 Å². The molecular formula is C10H11BrClN. The minimum absolute atomic E-state index is 0.582. The van der Waals surface area contributed by atoms with Gasteiger partial charge in [0.15, 0.2) is 0 Å². The molecule has 0 aliphatic carbocycles. The smallest absolute Gasteiger partial charge is 0.0510 e. The van der Waals surface area contributed by atoms with E-state index in [1.807, 2.05) is 0 Å². The molecule has 0 bridgehead atoms. The zero-order valence-corrected chi connectivity index (χ0v) is 9.61. The number of hydrogen-bond acceptors (Lipinski definition) is 1. The van der Waals surface area contributed by atoms with Gasteiger partial charge in [-0.2, -0.15) is 0 Å². The summed E-state index contributed by atoms with van der Waals surface area (Å²) in [6.07, 6.45) is 1.31. The van der Waals surface area contributed by atoms with Gasteiger partial charge in [0.25, 0.3) is 0 Å². The Morgan fingerprint density at radius 2 is 2.15 bits per heavy atom. The first-order valence-corrected chi connectivity index (χ1v) is 5.73. The van der Waals surface area contributed by atoms with Gasteiger partial charge in [-0.1, -0.05) is 6.07 Å². The number of halogens is 2. The van der Waals surface area contributed by atoms with Crippen LogP contribution >= 0.6 is 27.5 Å². The van der Waals surface area contributed by atoms with Crippen LogP contribution in [-0.4, -0.2) is 13.1 Å². The van der Waals surface area contributed by atoms with Crippen LogP contribution in [0, 0.1) is 0 Å². The van der Waals surface area contributed by atoms with E-state index in [1.54, 1.807) is 0 Å². The van der Waals surface area contributed by atoms with Crippen molar-refractivity contribution in [3.05, 3.63) is 28.2 Å². The Balaban J connectivity index is 2.26. The topological polar surface area (TPSA) is 3.24 Å². The van der Waals surface area contributed by atoms with Crippen molar-refractivity contribution >= 4 is 33.2 Å². The largest absolute Gasteiger partial charge is 0.370 e. The lowest BCUT2D eigenvalue weighted by Gasteiger charge is -2.34. The average Bonchev–Trinajstić information content (AvgIpc) is 2.05. The van der Waals surface area contributed by atoms with Crippen LogP contribution in [0.1, 0.15) is 12.0 Å². The summed E-state index contributed by atoms with van der Waals surface area (Å²) in [5, 5.41) is 0. The summed E-state index contributed by atoms with van der Waals surface area (Å²) >= 11 is 9.31. The summed E-state index contributed by atoms with van der Waals surface area (Å²) in [6, 6.07) is 6.33. The molecule has 13 heavy (non-hydrogen) atoms. The van der Waals surface area contributed by atoms with Crippen molar-refractivity contribution in [2.75, 3.05) is 18.0 Å². The molecule has 1 saturated heterocycles. The quantitative estimate of drug-likeness (QED) is 0.737. The number of nitrogens with zero attached hydrogens (tertiary/aromatic N) is 1. The first kappa shape index (κ1) is 9.35. The Labute approximate surface area is 91.8 Å². The van der Waals surface area contributed by atoms with Crippen LogP contribution in [-0.2, 0) is 5.88 Å². The molecule has 1 fully saturated rings. The van der Waals surface area contributed by atoms with E-state index in [0.29, 0.717) is 5.88 Å². The van der Waals surface area contributed by atoms with Crippen LogP contribution in [0.2, 0.25) is 0 Å². The standard InChI is InChI=1S/C10H11BrClN/c11-9-6-8(7-12)2-3-10(9)13-4-1-5-13/h2-3,6H,1,4-5,7H2. The summed E-state index contributed by atoms with van der Waals surface area (Å²) in [5.41, 5.74) is 2.46. The molecule has 3 heteroatoms. The highest BCUT2D eigenvalue weighted by Crippen LogP contribution is 2.30. The Kier molecular flexibility index (Phi) is 2.80. The Morgan fingerprint density at radius 1 is 1.38 bits per heavy atom. The van der Waals surface area contributed by atoms with Gasteiger partial charge < -0.3 is 4.90 Å². The van der Waals surface area contributed by atoms with Gasteiger partial charge in [0.2, 0.25) is 0 Å². The highest BCUT2D eigenvalue weighted by Gasteiger charge is 2.16. The SMILES string of the molecule is ClCc1ccc(N2CCC2)c(Br)c1.